The van der Waals surface area contributed by atoms with Crippen LogP contribution in [0.3, 0.4) is 0 Å². The molecule has 0 saturated heterocycles. The van der Waals surface area contributed by atoms with E-state index < -0.39 is 0 Å². The molecule has 0 rings (SSSR count). The number of hydrogen-bond acceptors (Lipinski definition) is 1. The maximum absolute atomic E-state index is 8.24. The van der Waals surface area contributed by atoms with Gasteiger partial charge in [0, 0.05) is 6.42 Å². The molecule has 1 heteroatoms. The van der Waals surface area contributed by atoms with Crippen LogP contribution in [0.2, 0.25) is 0 Å². The Kier molecular flexibility index (Phi) is 6.82. The highest BCUT2D eigenvalue weighted by molar-refractivity contribution is 4.86. The Hall–Kier alpha value is -0.770. The van der Waals surface area contributed by atoms with Crippen molar-refractivity contribution in [3.8, 4) is 6.07 Å². The van der Waals surface area contributed by atoms with E-state index in [1.54, 1.807) is 0 Å². The molecule has 0 radical (unpaired) electrons. The number of rotatable bonds is 5. The molecule has 0 N–H and O–H groups in total. The van der Waals surface area contributed by atoms with Gasteiger partial charge in [-0.05, 0) is 18.8 Å². The zero-order valence-electron chi connectivity index (χ0n) is 7.51. The smallest absolute Gasteiger partial charge is 0.0624 e. The molecule has 11 heavy (non-hydrogen) atoms. The van der Waals surface area contributed by atoms with Gasteiger partial charge >= 0.3 is 0 Å². The van der Waals surface area contributed by atoms with Gasteiger partial charge in [0.15, 0.2) is 0 Å². The molecule has 0 aliphatic heterocycles. The van der Waals surface area contributed by atoms with E-state index in [2.05, 4.69) is 32.1 Å². The highest BCUT2D eigenvalue weighted by Crippen LogP contribution is 2.06. The predicted octanol–water partition coefficient (Wildman–Crippen LogP) is 3.28. The molecule has 0 heterocycles. The molecule has 62 valence electrons. The summed E-state index contributed by atoms with van der Waals surface area (Å²) in [6.45, 7) is 4.45. The number of hydrogen-bond donors (Lipinski definition) is 0. The highest BCUT2D eigenvalue weighted by atomic mass is 14.2. The van der Waals surface area contributed by atoms with Gasteiger partial charge in [0.1, 0.15) is 0 Å². The minimum Gasteiger partial charge on any atom is -0.198 e. The molecule has 0 aromatic heterocycles. The van der Waals surface area contributed by atoms with E-state index in [1.807, 2.05) is 0 Å². The maximum Gasteiger partial charge on any atom is 0.0624 e. The Bertz CT molecular complexity index is 141. The van der Waals surface area contributed by atoms with Crippen molar-refractivity contribution in [1.82, 2.24) is 0 Å². The van der Waals surface area contributed by atoms with Crippen molar-refractivity contribution in [3.63, 3.8) is 0 Å². The quantitative estimate of drug-likeness (QED) is 0.437. The predicted molar refractivity (Wildman–Crippen MR) is 48.1 cm³/mol. The second kappa shape index (κ2) is 7.34. The summed E-state index contributed by atoms with van der Waals surface area (Å²) in [5.74, 6) is 0.785. The summed E-state index contributed by atoms with van der Waals surface area (Å²) >= 11 is 0. The molecule has 0 aromatic carbocycles. The van der Waals surface area contributed by atoms with E-state index in [1.165, 1.54) is 6.42 Å². The van der Waals surface area contributed by atoms with E-state index >= 15 is 0 Å². The highest BCUT2D eigenvalue weighted by Gasteiger charge is 1.92. The van der Waals surface area contributed by atoms with Crippen molar-refractivity contribution >= 4 is 0 Å². The van der Waals surface area contributed by atoms with Crippen LogP contribution in [0.5, 0.6) is 0 Å². The van der Waals surface area contributed by atoms with E-state index in [0.29, 0.717) is 6.42 Å². The van der Waals surface area contributed by atoms with Gasteiger partial charge in [-0.1, -0.05) is 32.4 Å². The maximum atomic E-state index is 8.24. The molecule has 0 amide bonds. The van der Waals surface area contributed by atoms with Gasteiger partial charge in [-0.25, -0.2) is 0 Å². The molecule has 1 atom stereocenters. The van der Waals surface area contributed by atoms with Gasteiger partial charge < -0.3 is 0 Å². The van der Waals surface area contributed by atoms with Gasteiger partial charge in [-0.2, -0.15) is 5.26 Å². The van der Waals surface area contributed by atoms with E-state index in [4.69, 9.17) is 5.26 Å². The zero-order chi connectivity index (χ0) is 8.53. The summed E-state index contributed by atoms with van der Waals surface area (Å²) in [7, 11) is 0. The SMILES string of the molecule is CCC(C)C/C=C/CCC#N. The summed E-state index contributed by atoms with van der Waals surface area (Å²) in [6, 6.07) is 2.12. The molecule has 0 aliphatic carbocycles. The standard InChI is InChI=1S/C10H17N/c1-3-10(2)8-6-4-5-7-9-11/h4,6,10H,3,5,7-8H2,1-2H3/b6-4+. The van der Waals surface area contributed by atoms with Gasteiger partial charge in [0.2, 0.25) is 0 Å². The summed E-state index contributed by atoms with van der Waals surface area (Å²) in [6.07, 6.45) is 8.25. The third-order valence-electron chi connectivity index (χ3n) is 1.82. The Balaban J connectivity index is 3.23. The first-order valence-electron chi connectivity index (χ1n) is 4.33. The van der Waals surface area contributed by atoms with Crippen molar-refractivity contribution in [2.24, 2.45) is 5.92 Å². The van der Waals surface area contributed by atoms with Crippen molar-refractivity contribution in [3.05, 3.63) is 12.2 Å². The van der Waals surface area contributed by atoms with Crippen LogP contribution in [0, 0.1) is 17.2 Å². The van der Waals surface area contributed by atoms with Gasteiger partial charge in [-0.15, -0.1) is 0 Å². The fourth-order valence-corrected chi connectivity index (χ4v) is 0.761. The first-order valence-corrected chi connectivity index (χ1v) is 4.33. The van der Waals surface area contributed by atoms with Crippen molar-refractivity contribution in [1.29, 1.82) is 5.26 Å². The molecule has 0 spiro atoms. The summed E-state index contributed by atoms with van der Waals surface area (Å²) < 4.78 is 0. The minimum absolute atomic E-state index is 0.650. The van der Waals surface area contributed by atoms with Crippen LogP contribution >= 0.6 is 0 Å². The normalized spacial score (nSPS) is 13.2. The minimum atomic E-state index is 0.650. The lowest BCUT2D eigenvalue weighted by atomic mass is 10.1. The fourth-order valence-electron chi connectivity index (χ4n) is 0.761. The van der Waals surface area contributed by atoms with Crippen LogP contribution in [0.25, 0.3) is 0 Å². The summed E-state index contributed by atoms with van der Waals surface area (Å²) in [4.78, 5) is 0. The largest absolute Gasteiger partial charge is 0.198 e. The van der Waals surface area contributed by atoms with E-state index in [0.717, 1.165) is 18.8 Å². The van der Waals surface area contributed by atoms with Crippen molar-refractivity contribution in [2.75, 3.05) is 0 Å². The average molecular weight is 151 g/mol. The lowest BCUT2D eigenvalue weighted by molar-refractivity contribution is 0.571. The number of unbranched alkanes of at least 4 members (excludes halogenated alkanes) is 1. The zero-order valence-corrected chi connectivity index (χ0v) is 7.51. The van der Waals surface area contributed by atoms with Gasteiger partial charge in [0.05, 0.1) is 6.07 Å². The second-order valence-electron chi connectivity index (χ2n) is 2.92. The third-order valence-corrected chi connectivity index (χ3v) is 1.82. The lowest BCUT2D eigenvalue weighted by Crippen LogP contribution is -1.87. The van der Waals surface area contributed by atoms with Crippen LogP contribution < -0.4 is 0 Å². The fraction of sp³-hybridized carbons (Fsp3) is 0.700. The first-order chi connectivity index (χ1) is 5.31. The molecule has 0 aliphatic rings. The first kappa shape index (κ1) is 10.2. The van der Waals surface area contributed by atoms with Crippen LogP contribution in [0.4, 0.5) is 0 Å². The van der Waals surface area contributed by atoms with Gasteiger partial charge in [-0.3, -0.25) is 0 Å². The third kappa shape index (κ3) is 7.12. The number of allylic oxidation sites excluding steroid dienone is 2. The molecular formula is C10H17N. The van der Waals surface area contributed by atoms with Crippen LogP contribution in [0.15, 0.2) is 12.2 Å². The number of nitrogens with zero attached hydrogens (tertiary/aromatic N) is 1. The molecule has 0 fully saturated rings. The van der Waals surface area contributed by atoms with Gasteiger partial charge in [0.25, 0.3) is 0 Å². The summed E-state index contributed by atoms with van der Waals surface area (Å²) in [5.41, 5.74) is 0. The Morgan fingerprint density at radius 1 is 1.45 bits per heavy atom. The lowest BCUT2D eigenvalue weighted by Gasteiger charge is -2.01. The summed E-state index contributed by atoms with van der Waals surface area (Å²) in [5, 5.41) is 8.24. The van der Waals surface area contributed by atoms with Crippen LogP contribution in [-0.4, -0.2) is 0 Å². The molecule has 1 nitrogen and oxygen atoms in total. The number of nitriles is 1. The van der Waals surface area contributed by atoms with Crippen LogP contribution in [0.1, 0.15) is 39.5 Å². The average Bonchev–Trinajstić information content (AvgIpc) is 2.04. The van der Waals surface area contributed by atoms with E-state index in [-0.39, 0.29) is 0 Å². The molecule has 0 bridgehead atoms. The molecule has 0 aromatic rings. The monoisotopic (exact) mass is 151 g/mol. The molecule has 1 unspecified atom stereocenters. The Morgan fingerprint density at radius 2 is 2.18 bits per heavy atom. The molecule has 0 saturated carbocycles. The Morgan fingerprint density at radius 3 is 2.73 bits per heavy atom. The Labute approximate surface area is 69.7 Å². The van der Waals surface area contributed by atoms with Crippen LogP contribution in [-0.2, 0) is 0 Å². The second-order valence-corrected chi connectivity index (χ2v) is 2.92. The topological polar surface area (TPSA) is 23.8 Å². The molecular weight excluding hydrogens is 134 g/mol. The van der Waals surface area contributed by atoms with E-state index in [9.17, 15) is 0 Å². The van der Waals surface area contributed by atoms with Crippen molar-refractivity contribution < 1.29 is 0 Å². The van der Waals surface area contributed by atoms with Crippen molar-refractivity contribution in [2.45, 2.75) is 39.5 Å².